The second-order valence-electron chi connectivity index (χ2n) is 3.50. The average molecular weight is 311 g/mol. The van der Waals surface area contributed by atoms with Gasteiger partial charge in [0.1, 0.15) is 21.6 Å². The molecule has 5 nitrogen and oxygen atoms in total. The predicted octanol–water partition coefficient (Wildman–Crippen LogP) is 1.75. The number of hydrogen-bond donors (Lipinski definition) is 2. The zero-order chi connectivity index (χ0) is 12.0. The fourth-order valence-electron chi connectivity index (χ4n) is 1.65. The van der Waals surface area contributed by atoms with Crippen molar-refractivity contribution >= 4 is 47.7 Å². The molecular formula is C10H7BrN4OS. The first kappa shape index (κ1) is 10.8. The average Bonchev–Trinajstić information content (AvgIpc) is 2.67. The molecule has 3 heterocycles. The third kappa shape index (κ3) is 1.67. The summed E-state index contributed by atoms with van der Waals surface area (Å²) in [6, 6.07) is 1.93. The van der Waals surface area contributed by atoms with Gasteiger partial charge in [0, 0.05) is 10.7 Å². The van der Waals surface area contributed by atoms with Crippen molar-refractivity contribution in [2.24, 2.45) is 5.73 Å². The highest BCUT2D eigenvalue weighted by Crippen LogP contribution is 2.30. The summed E-state index contributed by atoms with van der Waals surface area (Å²) in [7, 11) is 0. The molecule has 0 unspecified atom stereocenters. The first-order chi connectivity index (χ1) is 8.19. The fourth-order valence-corrected chi connectivity index (χ4v) is 3.16. The number of pyridine rings is 1. The summed E-state index contributed by atoms with van der Waals surface area (Å²) in [6.07, 6.45) is 1.69. The lowest BCUT2D eigenvalue weighted by atomic mass is 10.3. The predicted molar refractivity (Wildman–Crippen MR) is 71.1 cm³/mol. The van der Waals surface area contributed by atoms with E-state index < -0.39 is 0 Å². The minimum absolute atomic E-state index is 0.158. The monoisotopic (exact) mass is 310 g/mol. The maximum atomic E-state index is 11.8. The van der Waals surface area contributed by atoms with Gasteiger partial charge in [0.05, 0.1) is 11.2 Å². The topological polar surface area (TPSA) is 84.7 Å². The van der Waals surface area contributed by atoms with Crippen molar-refractivity contribution in [3.05, 3.63) is 32.9 Å². The molecule has 0 spiro atoms. The van der Waals surface area contributed by atoms with Crippen LogP contribution in [0, 0.1) is 0 Å². The van der Waals surface area contributed by atoms with E-state index in [1.165, 1.54) is 11.3 Å². The highest BCUT2D eigenvalue weighted by atomic mass is 79.9. The molecule has 17 heavy (non-hydrogen) atoms. The summed E-state index contributed by atoms with van der Waals surface area (Å²) in [5.74, 6) is 0.479. The third-order valence-corrected chi connectivity index (χ3v) is 3.92. The van der Waals surface area contributed by atoms with Crippen LogP contribution < -0.4 is 11.3 Å². The van der Waals surface area contributed by atoms with Crippen LogP contribution in [-0.4, -0.2) is 15.0 Å². The van der Waals surface area contributed by atoms with E-state index in [9.17, 15) is 4.79 Å². The molecule has 0 saturated heterocycles. The summed E-state index contributed by atoms with van der Waals surface area (Å²) >= 11 is 4.74. The van der Waals surface area contributed by atoms with Crippen molar-refractivity contribution in [3.63, 3.8) is 0 Å². The van der Waals surface area contributed by atoms with E-state index in [1.54, 1.807) is 6.20 Å². The van der Waals surface area contributed by atoms with Crippen molar-refractivity contribution < 1.29 is 0 Å². The second-order valence-corrected chi connectivity index (χ2v) is 5.46. The highest BCUT2D eigenvalue weighted by molar-refractivity contribution is 9.10. The SMILES string of the molecule is NCc1nc2c(sc3cc(Br)cnc32)c(=O)[nH]1. The molecule has 0 atom stereocenters. The van der Waals surface area contributed by atoms with Gasteiger partial charge in [-0.15, -0.1) is 11.3 Å². The Morgan fingerprint density at radius 3 is 3.06 bits per heavy atom. The minimum atomic E-state index is -0.158. The van der Waals surface area contributed by atoms with Crippen molar-refractivity contribution in [1.29, 1.82) is 0 Å². The summed E-state index contributed by atoms with van der Waals surface area (Å²) in [5, 5.41) is 0. The number of nitrogens with two attached hydrogens (primary N) is 1. The van der Waals surface area contributed by atoms with Crippen LogP contribution in [-0.2, 0) is 6.54 Å². The lowest BCUT2D eigenvalue weighted by molar-refractivity contribution is 0.915. The van der Waals surface area contributed by atoms with Crippen LogP contribution in [0.3, 0.4) is 0 Å². The summed E-state index contributed by atoms with van der Waals surface area (Å²) in [5.41, 5.74) is 6.70. The Labute approximate surface area is 108 Å². The van der Waals surface area contributed by atoms with Crippen molar-refractivity contribution in [1.82, 2.24) is 15.0 Å². The Morgan fingerprint density at radius 2 is 2.29 bits per heavy atom. The van der Waals surface area contributed by atoms with Crippen molar-refractivity contribution in [2.75, 3.05) is 0 Å². The zero-order valence-electron chi connectivity index (χ0n) is 8.53. The first-order valence-electron chi connectivity index (χ1n) is 4.86. The zero-order valence-corrected chi connectivity index (χ0v) is 10.9. The molecule has 3 aromatic rings. The van der Waals surface area contributed by atoms with Gasteiger partial charge >= 0.3 is 0 Å². The van der Waals surface area contributed by atoms with E-state index in [0.717, 1.165) is 14.7 Å². The first-order valence-corrected chi connectivity index (χ1v) is 6.47. The number of thiophene rings is 1. The van der Waals surface area contributed by atoms with Crippen LogP contribution >= 0.6 is 27.3 Å². The Morgan fingerprint density at radius 1 is 1.47 bits per heavy atom. The summed E-state index contributed by atoms with van der Waals surface area (Å²) in [6.45, 7) is 0.207. The van der Waals surface area contributed by atoms with Gasteiger partial charge in [0.2, 0.25) is 0 Å². The van der Waals surface area contributed by atoms with Crippen LogP contribution in [0.5, 0.6) is 0 Å². The standard InChI is InChI=1S/C10H7BrN4OS/c11-4-1-5-7(13-3-4)8-9(17-5)10(16)15-6(2-12)14-8/h1,3H,2,12H2,(H,14,15,16). The normalized spacial score (nSPS) is 11.4. The second kappa shape index (κ2) is 3.86. The third-order valence-electron chi connectivity index (χ3n) is 2.37. The number of fused-ring (bicyclic) bond motifs is 3. The van der Waals surface area contributed by atoms with Crippen LogP contribution in [0.1, 0.15) is 5.82 Å². The molecule has 0 saturated carbocycles. The van der Waals surface area contributed by atoms with Crippen molar-refractivity contribution in [3.8, 4) is 0 Å². The maximum Gasteiger partial charge on any atom is 0.269 e. The Bertz CT molecular complexity index is 779. The van der Waals surface area contributed by atoms with E-state index in [2.05, 4.69) is 30.9 Å². The summed E-state index contributed by atoms with van der Waals surface area (Å²) in [4.78, 5) is 23.1. The van der Waals surface area contributed by atoms with Crippen molar-refractivity contribution in [2.45, 2.75) is 6.54 Å². The van der Waals surface area contributed by atoms with E-state index >= 15 is 0 Å². The van der Waals surface area contributed by atoms with E-state index in [-0.39, 0.29) is 12.1 Å². The van der Waals surface area contributed by atoms with Gasteiger partial charge in [-0.25, -0.2) is 4.98 Å². The van der Waals surface area contributed by atoms with Gasteiger partial charge in [0.25, 0.3) is 5.56 Å². The molecule has 0 bridgehead atoms. The molecular weight excluding hydrogens is 304 g/mol. The lowest BCUT2D eigenvalue weighted by Gasteiger charge is -1.95. The van der Waals surface area contributed by atoms with Gasteiger partial charge in [0.15, 0.2) is 0 Å². The number of nitrogens with one attached hydrogen (secondary N) is 1. The molecule has 3 aromatic heterocycles. The van der Waals surface area contributed by atoms with Crippen LogP contribution in [0.4, 0.5) is 0 Å². The fraction of sp³-hybridized carbons (Fsp3) is 0.100. The van der Waals surface area contributed by atoms with Gasteiger partial charge in [-0.3, -0.25) is 9.78 Å². The molecule has 0 aliphatic rings. The number of halogens is 1. The van der Waals surface area contributed by atoms with Gasteiger partial charge in [-0.2, -0.15) is 0 Å². The molecule has 0 aliphatic heterocycles. The van der Waals surface area contributed by atoms with E-state index in [0.29, 0.717) is 16.0 Å². The molecule has 0 aliphatic carbocycles. The Balaban J connectivity index is 2.52. The lowest BCUT2D eigenvalue weighted by Crippen LogP contribution is -2.13. The summed E-state index contributed by atoms with van der Waals surface area (Å²) < 4.78 is 2.40. The molecule has 0 fully saturated rings. The smallest absolute Gasteiger partial charge is 0.269 e. The maximum absolute atomic E-state index is 11.8. The van der Waals surface area contributed by atoms with E-state index in [4.69, 9.17) is 5.73 Å². The number of nitrogens with zero attached hydrogens (tertiary/aromatic N) is 2. The van der Waals surface area contributed by atoms with E-state index in [1.807, 2.05) is 6.07 Å². The quantitative estimate of drug-likeness (QED) is 0.717. The number of H-pyrrole nitrogens is 1. The molecule has 86 valence electrons. The van der Waals surface area contributed by atoms with Gasteiger partial charge in [-0.1, -0.05) is 0 Å². The van der Waals surface area contributed by atoms with Gasteiger partial charge < -0.3 is 10.7 Å². The van der Waals surface area contributed by atoms with Crippen LogP contribution in [0.15, 0.2) is 21.5 Å². The Kier molecular flexibility index (Phi) is 2.46. The molecule has 0 aromatic carbocycles. The minimum Gasteiger partial charge on any atom is -0.324 e. The van der Waals surface area contributed by atoms with Crippen LogP contribution in [0.2, 0.25) is 0 Å². The largest absolute Gasteiger partial charge is 0.324 e. The number of aromatic nitrogens is 3. The van der Waals surface area contributed by atoms with Crippen LogP contribution in [0.25, 0.3) is 20.4 Å². The highest BCUT2D eigenvalue weighted by Gasteiger charge is 2.12. The molecule has 7 heteroatoms. The van der Waals surface area contributed by atoms with Gasteiger partial charge in [-0.05, 0) is 22.0 Å². The number of hydrogen-bond acceptors (Lipinski definition) is 5. The number of aromatic amines is 1. The molecule has 3 rings (SSSR count). The number of rotatable bonds is 1. The molecule has 3 N–H and O–H groups in total. The molecule has 0 radical (unpaired) electrons. The Hall–Kier alpha value is -1.31. The molecule has 0 amide bonds.